The SMILES string of the molecule is CCc1cccc(C)c1NC(=O)COC(=O)/C=C/c1ccc(OC(F)F)cc1. The van der Waals surface area contributed by atoms with Crippen LogP contribution in [0.3, 0.4) is 0 Å². The van der Waals surface area contributed by atoms with Crippen molar-refractivity contribution in [2.24, 2.45) is 0 Å². The Hall–Kier alpha value is -3.22. The van der Waals surface area contributed by atoms with Gasteiger partial charge in [0.15, 0.2) is 6.61 Å². The van der Waals surface area contributed by atoms with Gasteiger partial charge in [-0.3, -0.25) is 4.79 Å². The number of rotatable bonds is 8. The molecule has 0 fully saturated rings. The maximum absolute atomic E-state index is 12.1. The molecule has 0 aromatic heterocycles. The summed E-state index contributed by atoms with van der Waals surface area (Å²) in [5.41, 5.74) is 3.25. The van der Waals surface area contributed by atoms with Crippen molar-refractivity contribution in [2.75, 3.05) is 11.9 Å². The molecule has 0 unspecified atom stereocenters. The summed E-state index contributed by atoms with van der Waals surface area (Å²) in [7, 11) is 0. The van der Waals surface area contributed by atoms with Crippen LogP contribution in [0.15, 0.2) is 48.5 Å². The first-order chi connectivity index (χ1) is 13.4. The zero-order valence-electron chi connectivity index (χ0n) is 15.6. The normalized spacial score (nSPS) is 10.9. The first kappa shape index (κ1) is 21.1. The predicted molar refractivity (Wildman–Crippen MR) is 102 cm³/mol. The molecule has 0 spiro atoms. The molecule has 7 heteroatoms. The number of nitrogens with one attached hydrogen (secondary N) is 1. The second kappa shape index (κ2) is 10.2. The Labute approximate surface area is 162 Å². The van der Waals surface area contributed by atoms with E-state index in [0.29, 0.717) is 5.56 Å². The third-order valence-electron chi connectivity index (χ3n) is 3.87. The number of carbonyl (C=O) groups is 2. The van der Waals surface area contributed by atoms with Gasteiger partial charge in [-0.1, -0.05) is 37.3 Å². The van der Waals surface area contributed by atoms with Crippen LogP contribution in [0, 0.1) is 6.92 Å². The van der Waals surface area contributed by atoms with Crippen molar-refractivity contribution in [1.29, 1.82) is 0 Å². The molecule has 0 heterocycles. The molecule has 0 aliphatic heterocycles. The van der Waals surface area contributed by atoms with Gasteiger partial charge in [-0.25, -0.2) is 4.79 Å². The lowest BCUT2D eigenvalue weighted by atomic mass is 10.1. The molecular formula is C21H21F2NO4. The molecule has 28 heavy (non-hydrogen) atoms. The number of alkyl halides is 2. The second-order valence-electron chi connectivity index (χ2n) is 5.90. The largest absolute Gasteiger partial charge is 0.452 e. The highest BCUT2D eigenvalue weighted by Crippen LogP contribution is 2.21. The number of carbonyl (C=O) groups excluding carboxylic acids is 2. The number of hydrogen-bond donors (Lipinski definition) is 1. The highest BCUT2D eigenvalue weighted by atomic mass is 19.3. The number of esters is 1. The van der Waals surface area contributed by atoms with Gasteiger partial charge >= 0.3 is 12.6 Å². The first-order valence-corrected chi connectivity index (χ1v) is 8.67. The van der Waals surface area contributed by atoms with Gasteiger partial charge in [-0.15, -0.1) is 0 Å². The highest BCUT2D eigenvalue weighted by molar-refractivity contribution is 5.95. The van der Waals surface area contributed by atoms with E-state index in [1.54, 1.807) is 0 Å². The zero-order chi connectivity index (χ0) is 20.5. The van der Waals surface area contributed by atoms with Gasteiger partial charge in [-0.2, -0.15) is 8.78 Å². The Morgan fingerprint density at radius 2 is 1.86 bits per heavy atom. The smallest absolute Gasteiger partial charge is 0.387 e. The zero-order valence-corrected chi connectivity index (χ0v) is 15.6. The van der Waals surface area contributed by atoms with Crippen LogP contribution in [0.1, 0.15) is 23.6 Å². The third kappa shape index (κ3) is 6.50. The van der Waals surface area contributed by atoms with Crippen LogP contribution in [0.5, 0.6) is 5.75 Å². The van der Waals surface area contributed by atoms with Crippen molar-refractivity contribution in [3.63, 3.8) is 0 Å². The van der Waals surface area contributed by atoms with Crippen LogP contribution < -0.4 is 10.1 Å². The minimum atomic E-state index is -2.89. The van der Waals surface area contributed by atoms with E-state index >= 15 is 0 Å². The average molecular weight is 389 g/mol. The summed E-state index contributed by atoms with van der Waals surface area (Å²) < 4.78 is 33.4. The lowest BCUT2D eigenvalue weighted by Crippen LogP contribution is -2.21. The number of hydrogen-bond acceptors (Lipinski definition) is 4. The van der Waals surface area contributed by atoms with E-state index < -0.39 is 25.1 Å². The van der Waals surface area contributed by atoms with E-state index in [4.69, 9.17) is 4.74 Å². The second-order valence-corrected chi connectivity index (χ2v) is 5.90. The summed E-state index contributed by atoms with van der Waals surface area (Å²) >= 11 is 0. The number of para-hydroxylation sites is 1. The monoisotopic (exact) mass is 389 g/mol. The number of halogens is 2. The van der Waals surface area contributed by atoms with E-state index in [1.165, 1.54) is 30.3 Å². The summed E-state index contributed by atoms with van der Waals surface area (Å²) in [6.07, 6.45) is 3.37. The van der Waals surface area contributed by atoms with E-state index in [1.807, 2.05) is 32.0 Å². The summed E-state index contributed by atoms with van der Waals surface area (Å²) in [6, 6.07) is 11.5. The van der Waals surface area contributed by atoms with Crippen LogP contribution in [0.25, 0.3) is 6.08 Å². The van der Waals surface area contributed by atoms with Gasteiger partial charge in [-0.05, 0) is 48.2 Å². The fourth-order valence-electron chi connectivity index (χ4n) is 2.49. The molecule has 2 rings (SSSR count). The Morgan fingerprint density at radius 1 is 1.14 bits per heavy atom. The average Bonchev–Trinajstić information content (AvgIpc) is 2.67. The van der Waals surface area contributed by atoms with Crippen LogP contribution in [-0.2, 0) is 20.7 Å². The molecule has 1 amide bonds. The summed E-state index contributed by atoms with van der Waals surface area (Å²) in [5.74, 6) is -1.10. The Kier molecular flexibility index (Phi) is 7.68. The van der Waals surface area contributed by atoms with Crippen molar-refractivity contribution in [1.82, 2.24) is 0 Å². The van der Waals surface area contributed by atoms with Crippen LogP contribution in [0.2, 0.25) is 0 Å². The lowest BCUT2D eigenvalue weighted by molar-refractivity contribution is -0.142. The van der Waals surface area contributed by atoms with Gasteiger partial charge in [0, 0.05) is 11.8 Å². The molecule has 0 saturated heterocycles. The molecule has 0 saturated carbocycles. The van der Waals surface area contributed by atoms with Crippen LogP contribution in [0.4, 0.5) is 14.5 Å². The van der Waals surface area contributed by atoms with E-state index in [2.05, 4.69) is 10.1 Å². The maximum atomic E-state index is 12.1. The summed E-state index contributed by atoms with van der Waals surface area (Å²) in [4.78, 5) is 23.8. The molecule has 1 N–H and O–H groups in total. The number of amides is 1. The third-order valence-corrected chi connectivity index (χ3v) is 3.87. The summed E-state index contributed by atoms with van der Waals surface area (Å²) in [5, 5.41) is 2.77. The van der Waals surface area contributed by atoms with Crippen molar-refractivity contribution in [3.05, 3.63) is 65.2 Å². The lowest BCUT2D eigenvalue weighted by Gasteiger charge is -2.12. The van der Waals surface area contributed by atoms with E-state index in [-0.39, 0.29) is 5.75 Å². The Balaban J connectivity index is 1.85. The Morgan fingerprint density at radius 3 is 2.50 bits per heavy atom. The minimum absolute atomic E-state index is 0.0223. The van der Waals surface area contributed by atoms with Crippen molar-refractivity contribution in [2.45, 2.75) is 26.9 Å². The van der Waals surface area contributed by atoms with Gasteiger partial charge < -0.3 is 14.8 Å². The number of anilines is 1. The van der Waals surface area contributed by atoms with Crippen molar-refractivity contribution < 1.29 is 27.8 Å². The highest BCUT2D eigenvalue weighted by Gasteiger charge is 2.10. The molecule has 0 aliphatic carbocycles. The van der Waals surface area contributed by atoms with E-state index in [9.17, 15) is 18.4 Å². The molecule has 0 radical (unpaired) electrons. The topological polar surface area (TPSA) is 64.6 Å². The van der Waals surface area contributed by atoms with Gasteiger partial charge in [0.1, 0.15) is 5.75 Å². The standard InChI is InChI=1S/C21H21F2NO4/c1-3-16-6-4-5-14(2)20(16)24-18(25)13-27-19(26)12-9-15-7-10-17(11-8-15)28-21(22)23/h4-12,21H,3,13H2,1-2H3,(H,24,25)/b12-9+. The number of ether oxygens (including phenoxy) is 2. The predicted octanol–water partition coefficient (Wildman–Crippen LogP) is 4.35. The van der Waals surface area contributed by atoms with Crippen molar-refractivity contribution in [3.8, 4) is 5.75 Å². The molecule has 5 nitrogen and oxygen atoms in total. The summed E-state index contributed by atoms with van der Waals surface area (Å²) in [6.45, 7) is 0.570. The van der Waals surface area contributed by atoms with Crippen LogP contribution >= 0.6 is 0 Å². The van der Waals surface area contributed by atoms with Crippen LogP contribution in [-0.4, -0.2) is 25.1 Å². The molecule has 0 bridgehead atoms. The van der Waals surface area contributed by atoms with Gasteiger partial charge in [0.05, 0.1) is 0 Å². The van der Waals surface area contributed by atoms with Gasteiger partial charge in [0.2, 0.25) is 0 Å². The number of aryl methyl sites for hydroxylation is 2. The first-order valence-electron chi connectivity index (χ1n) is 8.67. The molecule has 0 aliphatic rings. The van der Waals surface area contributed by atoms with E-state index in [0.717, 1.165) is 29.3 Å². The fraction of sp³-hybridized carbons (Fsp3) is 0.238. The molecule has 148 valence electrons. The van der Waals surface area contributed by atoms with Gasteiger partial charge in [0.25, 0.3) is 5.91 Å². The molecule has 2 aromatic carbocycles. The Bertz CT molecular complexity index is 848. The fourth-order valence-corrected chi connectivity index (χ4v) is 2.49. The molecular weight excluding hydrogens is 368 g/mol. The van der Waals surface area contributed by atoms with Crippen molar-refractivity contribution >= 4 is 23.6 Å². The minimum Gasteiger partial charge on any atom is -0.452 e. The number of benzene rings is 2. The molecule has 0 atom stereocenters. The quantitative estimate of drug-likeness (QED) is 0.538. The maximum Gasteiger partial charge on any atom is 0.387 e. The molecule has 2 aromatic rings.